The number of benzene rings is 2. The number of hydrogen-bond donors (Lipinski definition) is 0. The summed E-state index contributed by atoms with van der Waals surface area (Å²) in [4.78, 5) is 17.6. The zero-order valence-electron chi connectivity index (χ0n) is 13.2. The van der Waals surface area contributed by atoms with Crippen molar-refractivity contribution in [2.24, 2.45) is 0 Å². The largest absolute Gasteiger partial charge is 0.493 e. The van der Waals surface area contributed by atoms with E-state index in [1.807, 2.05) is 0 Å². The number of halogens is 3. The fourth-order valence-electron chi connectivity index (χ4n) is 2.34. The Bertz CT molecular complexity index is 1010. The zero-order valence-corrected chi connectivity index (χ0v) is 13.2. The van der Waals surface area contributed by atoms with Gasteiger partial charge in [-0.05, 0) is 0 Å². The minimum absolute atomic E-state index is 0.0550. The van der Waals surface area contributed by atoms with Crippen LogP contribution in [0.4, 0.5) is 18.9 Å². The predicted molar refractivity (Wildman–Crippen MR) is 83.4 cm³/mol. The molecule has 0 atom stereocenters. The highest BCUT2D eigenvalue weighted by molar-refractivity contribution is 5.78. The van der Waals surface area contributed by atoms with Crippen molar-refractivity contribution in [3.8, 4) is 11.5 Å². The summed E-state index contributed by atoms with van der Waals surface area (Å²) < 4.78 is 51.9. The number of nitro groups is 1. The number of fused-ring (bicyclic) bond motifs is 1. The van der Waals surface area contributed by atoms with Crippen molar-refractivity contribution < 1.29 is 27.6 Å². The average molecular weight is 365 g/mol. The Morgan fingerprint density at radius 1 is 1.00 bits per heavy atom. The first-order valence-corrected chi connectivity index (χ1v) is 7.14. The van der Waals surface area contributed by atoms with Gasteiger partial charge in [0.1, 0.15) is 23.5 Å². The normalized spacial score (nSPS) is 10.8. The SMILES string of the molecule is COc1cc(F)c([N+](=O)[O-])cc1OCc1c(F)cc(F)c2nccnc12. The molecule has 0 radical (unpaired) electrons. The van der Waals surface area contributed by atoms with E-state index in [1.165, 1.54) is 19.5 Å². The van der Waals surface area contributed by atoms with Crippen LogP contribution in [-0.4, -0.2) is 22.0 Å². The van der Waals surface area contributed by atoms with Crippen molar-refractivity contribution in [3.63, 3.8) is 0 Å². The maximum atomic E-state index is 14.1. The summed E-state index contributed by atoms with van der Waals surface area (Å²) >= 11 is 0. The van der Waals surface area contributed by atoms with Crippen LogP contribution in [0.2, 0.25) is 0 Å². The summed E-state index contributed by atoms with van der Waals surface area (Å²) in [5.41, 5.74) is -1.14. The zero-order chi connectivity index (χ0) is 18.8. The number of hydrogen-bond acceptors (Lipinski definition) is 6. The fourth-order valence-corrected chi connectivity index (χ4v) is 2.34. The molecule has 0 unspecified atom stereocenters. The van der Waals surface area contributed by atoms with Crippen LogP contribution in [0.25, 0.3) is 11.0 Å². The number of nitro benzene ring substituents is 1. The molecule has 1 heterocycles. The van der Waals surface area contributed by atoms with Crippen LogP contribution in [-0.2, 0) is 6.61 Å². The summed E-state index contributed by atoms with van der Waals surface area (Å²) in [7, 11) is 1.22. The van der Waals surface area contributed by atoms with Gasteiger partial charge in [0.25, 0.3) is 0 Å². The molecule has 0 bridgehead atoms. The Labute approximate surface area is 144 Å². The molecule has 26 heavy (non-hydrogen) atoms. The quantitative estimate of drug-likeness (QED) is 0.508. The Balaban J connectivity index is 2.01. The first kappa shape index (κ1) is 17.4. The first-order valence-electron chi connectivity index (χ1n) is 7.14. The molecule has 1 aromatic heterocycles. The Morgan fingerprint density at radius 2 is 1.69 bits per heavy atom. The van der Waals surface area contributed by atoms with Gasteiger partial charge >= 0.3 is 5.69 Å². The van der Waals surface area contributed by atoms with Crippen molar-refractivity contribution in [2.75, 3.05) is 7.11 Å². The molecule has 0 N–H and O–H groups in total. The van der Waals surface area contributed by atoms with Gasteiger partial charge in [0.2, 0.25) is 5.82 Å². The van der Waals surface area contributed by atoms with Crippen LogP contribution in [0.5, 0.6) is 11.5 Å². The Hall–Kier alpha value is -3.43. The molecule has 0 spiro atoms. The van der Waals surface area contributed by atoms with Crippen molar-refractivity contribution in [1.29, 1.82) is 0 Å². The number of methoxy groups -OCH3 is 1. The number of rotatable bonds is 5. The number of ether oxygens (including phenoxy) is 2. The molecule has 134 valence electrons. The highest BCUT2D eigenvalue weighted by atomic mass is 19.1. The molecular formula is C16H10F3N3O4. The number of nitrogens with zero attached hydrogens (tertiary/aromatic N) is 3. The van der Waals surface area contributed by atoms with Gasteiger partial charge in [0, 0.05) is 24.5 Å². The highest BCUT2D eigenvalue weighted by Crippen LogP contribution is 2.34. The van der Waals surface area contributed by atoms with E-state index in [1.54, 1.807) is 0 Å². The lowest BCUT2D eigenvalue weighted by Gasteiger charge is -2.12. The molecule has 0 aliphatic carbocycles. The van der Waals surface area contributed by atoms with Crippen molar-refractivity contribution in [3.05, 3.63) is 63.7 Å². The average Bonchev–Trinajstić information content (AvgIpc) is 2.61. The first-order chi connectivity index (χ1) is 12.4. The molecule has 3 aromatic rings. The van der Waals surface area contributed by atoms with Gasteiger partial charge in [0.15, 0.2) is 17.3 Å². The van der Waals surface area contributed by atoms with Crippen LogP contribution < -0.4 is 9.47 Å². The van der Waals surface area contributed by atoms with Crippen LogP contribution >= 0.6 is 0 Å². The van der Waals surface area contributed by atoms with Gasteiger partial charge in [-0.2, -0.15) is 4.39 Å². The van der Waals surface area contributed by atoms with Gasteiger partial charge in [-0.25, -0.2) is 13.8 Å². The minimum Gasteiger partial charge on any atom is -0.493 e. The molecule has 0 aliphatic heterocycles. The van der Waals surface area contributed by atoms with Crippen LogP contribution in [0, 0.1) is 27.6 Å². The van der Waals surface area contributed by atoms with Gasteiger partial charge in [-0.3, -0.25) is 15.1 Å². The third kappa shape index (κ3) is 3.08. The van der Waals surface area contributed by atoms with Gasteiger partial charge in [-0.1, -0.05) is 0 Å². The highest BCUT2D eigenvalue weighted by Gasteiger charge is 2.21. The summed E-state index contributed by atoms with van der Waals surface area (Å²) in [5, 5.41) is 10.9. The van der Waals surface area contributed by atoms with Gasteiger partial charge < -0.3 is 9.47 Å². The minimum atomic E-state index is -1.11. The Morgan fingerprint density at radius 3 is 2.35 bits per heavy atom. The molecule has 3 rings (SSSR count). The summed E-state index contributed by atoms with van der Waals surface area (Å²) in [6.07, 6.45) is 2.51. The molecule has 0 saturated carbocycles. The van der Waals surface area contributed by atoms with E-state index in [9.17, 15) is 23.3 Å². The monoisotopic (exact) mass is 365 g/mol. The second kappa shape index (κ2) is 6.82. The summed E-state index contributed by atoms with van der Waals surface area (Å²) in [6.45, 7) is -0.458. The molecule has 0 saturated heterocycles. The van der Waals surface area contributed by atoms with E-state index < -0.39 is 34.7 Å². The molecular weight excluding hydrogens is 355 g/mol. The third-order valence-corrected chi connectivity index (χ3v) is 3.55. The van der Waals surface area contributed by atoms with E-state index in [0.29, 0.717) is 6.07 Å². The molecule has 0 amide bonds. The van der Waals surface area contributed by atoms with E-state index in [2.05, 4.69) is 9.97 Å². The second-order valence-electron chi connectivity index (χ2n) is 5.07. The Kier molecular flexibility index (Phi) is 4.57. The van der Waals surface area contributed by atoms with Crippen LogP contribution in [0.15, 0.2) is 30.6 Å². The molecule has 10 heteroatoms. The molecule has 0 aliphatic rings. The van der Waals surface area contributed by atoms with E-state index >= 15 is 0 Å². The third-order valence-electron chi connectivity index (χ3n) is 3.55. The molecule has 0 fully saturated rings. The lowest BCUT2D eigenvalue weighted by molar-refractivity contribution is -0.387. The smallest absolute Gasteiger partial charge is 0.308 e. The predicted octanol–water partition coefficient (Wildman–Crippen LogP) is 3.54. The topological polar surface area (TPSA) is 87.4 Å². The standard InChI is InChI=1S/C16H10F3N3O4/c1-25-13-5-10(18)12(22(23)24)6-14(13)26-7-8-9(17)4-11(19)16-15(8)20-2-3-21-16/h2-6H,7H2,1H3. The lowest BCUT2D eigenvalue weighted by atomic mass is 10.1. The van der Waals surface area contributed by atoms with Crippen LogP contribution in [0.1, 0.15) is 5.56 Å². The van der Waals surface area contributed by atoms with Crippen molar-refractivity contribution >= 4 is 16.7 Å². The van der Waals surface area contributed by atoms with Gasteiger partial charge in [-0.15, -0.1) is 0 Å². The molecule has 2 aromatic carbocycles. The second-order valence-corrected chi connectivity index (χ2v) is 5.07. The maximum absolute atomic E-state index is 14.1. The molecule has 7 nitrogen and oxygen atoms in total. The summed E-state index contributed by atoms with van der Waals surface area (Å²) in [5.74, 6) is -3.22. The van der Waals surface area contributed by atoms with E-state index in [0.717, 1.165) is 12.1 Å². The van der Waals surface area contributed by atoms with Crippen molar-refractivity contribution in [1.82, 2.24) is 9.97 Å². The van der Waals surface area contributed by atoms with Gasteiger partial charge in [0.05, 0.1) is 23.7 Å². The van der Waals surface area contributed by atoms with Crippen LogP contribution in [0.3, 0.4) is 0 Å². The van der Waals surface area contributed by atoms with E-state index in [4.69, 9.17) is 9.47 Å². The van der Waals surface area contributed by atoms with Crippen molar-refractivity contribution in [2.45, 2.75) is 6.61 Å². The fraction of sp³-hybridized carbons (Fsp3) is 0.125. The lowest BCUT2D eigenvalue weighted by Crippen LogP contribution is -2.05. The maximum Gasteiger partial charge on any atom is 0.308 e. The number of aromatic nitrogens is 2. The van der Waals surface area contributed by atoms with E-state index in [-0.39, 0.29) is 28.1 Å². The summed E-state index contributed by atoms with van der Waals surface area (Å²) in [6, 6.07) is 2.25.